The van der Waals surface area contributed by atoms with Crippen molar-refractivity contribution >= 4 is 0 Å². The van der Waals surface area contributed by atoms with Crippen LogP contribution >= 0.6 is 0 Å². The maximum Gasteiger partial charge on any atom is 0.191 e. The van der Waals surface area contributed by atoms with Crippen LogP contribution in [0.2, 0.25) is 0 Å². The van der Waals surface area contributed by atoms with E-state index in [4.69, 9.17) is 4.42 Å². The monoisotopic (exact) mass is 2050 g/mol. The summed E-state index contributed by atoms with van der Waals surface area (Å²) >= 11 is 0. The van der Waals surface area contributed by atoms with Gasteiger partial charge in [-0.05, 0) is 353 Å². The predicted octanol–water partition coefficient (Wildman–Crippen LogP) is 18.9. The van der Waals surface area contributed by atoms with E-state index >= 15 is 0 Å². The Balaban J connectivity index is 0.000000117. The Labute approximate surface area is 906 Å². The van der Waals surface area contributed by atoms with E-state index in [1.54, 1.807) is 6.26 Å². The van der Waals surface area contributed by atoms with E-state index in [1.165, 1.54) is 201 Å². The van der Waals surface area contributed by atoms with Crippen molar-refractivity contribution in [3.63, 3.8) is 0 Å². The smallest absolute Gasteiger partial charge is 0.191 e. The molecule has 18 aliphatic rings. The molecule has 0 aliphatic carbocycles. The van der Waals surface area contributed by atoms with E-state index in [0.717, 1.165) is 177 Å². The highest BCUT2D eigenvalue weighted by atomic mass is 16.3. The molecule has 8 aromatic heterocycles. The van der Waals surface area contributed by atoms with Gasteiger partial charge in [0.15, 0.2) is 5.89 Å². The Morgan fingerprint density at radius 2 is 0.553 bits per heavy atom. The van der Waals surface area contributed by atoms with Crippen LogP contribution in [0.3, 0.4) is 0 Å². The van der Waals surface area contributed by atoms with Crippen molar-refractivity contribution in [1.29, 1.82) is 0 Å². The van der Waals surface area contributed by atoms with Crippen molar-refractivity contribution in [3.05, 3.63) is 225 Å². The third-order valence-corrected chi connectivity index (χ3v) is 36.3. The average Bonchev–Trinajstić information content (AvgIpc) is 1.06. The van der Waals surface area contributed by atoms with Gasteiger partial charge >= 0.3 is 0 Å². The lowest BCUT2D eigenvalue weighted by atomic mass is 9.84. The fourth-order valence-electron chi connectivity index (χ4n) is 26.7. The lowest BCUT2D eigenvalue weighted by Gasteiger charge is -2.59. The van der Waals surface area contributed by atoms with Crippen molar-refractivity contribution in [2.75, 3.05) is 105 Å². The highest BCUT2D eigenvalue weighted by Gasteiger charge is 2.55. The normalized spacial score (nSPS) is 28.4. The molecule has 26 heterocycles. The maximum absolute atomic E-state index is 5.28. The number of likely N-dealkylation sites (tertiary alicyclic amines) is 12. The summed E-state index contributed by atoms with van der Waals surface area (Å²) in [5.41, 5.74) is 19.8. The van der Waals surface area contributed by atoms with Crippen LogP contribution in [0.5, 0.6) is 0 Å². The lowest BCUT2D eigenvalue weighted by molar-refractivity contribution is -0.100. The molecular formula is C125H196N24O. The summed E-state index contributed by atoms with van der Waals surface area (Å²) in [5.74, 6) is 0.770. The molecule has 0 spiro atoms. The molecule has 822 valence electrons. The summed E-state index contributed by atoms with van der Waals surface area (Å²) in [6.07, 6.45) is 26.5. The number of pyridine rings is 7. The highest BCUT2D eigenvalue weighted by molar-refractivity contribution is 5.26. The number of aromatic nitrogens is 8. The average molecular weight is 2050 g/mol. The van der Waals surface area contributed by atoms with Gasteiger partial charge in [-0.15, -0.1) is 0 Å². The Morgan fingerprint density at radius 1 is 0.227 bits per heavy atom. The number of rotatable bonds is 16. The first-order valence-electron chi connectivity index (χ1n) is 57.9. The number of fused-ring (bicyclic) bond motifs is 16. The van der Waals surface area contributed by atoms with Crippen LogP contribution in [-0.2, 0) is 52.4 Å². The maximum atomic E-state index is 5.28. The van der Waals surface area contributed by atoms with Gasteiger partial charge in [0.2, 0.25) is 0 Å². The molecule has 16 unspecified atom stereocenters. The van der Waals surface area contributed by atoms with E-state index < -0.39 is 0 Å². The van der Waals surface area contributed by atoms with Gasteiger partial charge in [0.05, 0.1) is 17.1 Å². The Morgan fingerprint density at radius 3 is 0.867 bits per heavy atom. The molecule has 26 rings (SSSR count). The van der Waals surface area contributed by atoms with Gasteiger partial charge in [0.1, 0.15) is 6.26 Å². The zero-order valence-electron chi connectivity index (χ0n) is 98.8. The van der Waals surface area contributed by atoms with Crippen LogP contribution in [0.4, 0.5) is 0 Å². The molecule has 0 radical (unpaired) electrons. The second kappa shape index (κ2) is 46.4. The number of oxazole rings is 1. The molecule has 8 aromatic rings. The van der Waals surface area contributed by atoms with E-state index in [9.17, 15) is 0 Å². The number of piperazine rings is 8. The van der Waals surface area contributed by atoms with Gasteiger partial charge in [0.25, 0.3) is 0 Å². The molecule has 25 heteroatoms. The summed E-state index contributed by atoms with van der Waals surface area (Å²) in [5, 5.41) is 0. The molecule has 0 aromatic carbocycles. The molecule has 16 atom stereocenters. The van der Waals surface area contributed by atoms with E-state index in [2.05, 4.69) is 398 Å². The predicted molar refractivity (Wildman–Crippen MR) is 612 cm³/mol. The summed E-state index contributed by atoms with van der Waals surface area (Å²) < 4.78 is 5.28. The minimum atomic E-state index is 0.299. The molecule has 16 bridgehead atoms. The van der Waals surface area contributed by atoms with Crippen LogP contribution in [0.1, 0.15) is 302 Å². The summed E-state index contributed by atoms with van der Waals surface area (Å²) in [6, 6.07) is 44.1. The lowest BCUT2D eigenvalue weighted by Crippen LogP contribution is -2.70. The topological polar surface area (TPSA) is 168 Å². The molecule has 0 saturated carbocycles. The fraction of sp³-hybridized carbons (Fsp3) is 0.696. The third-order valence-electron chi connectivity index (χ3n) is 36.3. The molecular weight excluding hydrogens is 1850 g/mol. The fourth-order valence-corrected chi connectivity index (χ4v) is 26.7. The number of nitrogens with zero attached hydrogens (tertiary/aromatic N) is 24. The molecule has 0 amide bonds. The first-order chi connectivity index (χ1) is 70.6. The molecule has 18 fully saturated rings. The molecule has 18 aliphatic heterocycles. The summed E-state index contributed by atoms with van der Waals surface area (Å²) in [7, 11) is 0. The molecule has 0 N–H and O–H groups in total. The van der Waals surface area contributed by atoms with Gasteiger partial charge in [-0.3, -0.25) is 113 Å². The van der Waals surface area contributed by atoms with Gasteiger partial charge in [-0.2, -0.15) is 0 Å². The van der Waals surface area contributed by atoms with Gasteiger partial charge in [0, 0.05) is 377 Å². The van der Waals surface area contributed by atoms with E-state index in [0.29, 0.717) is 56.4 Å². The minimum absolute atomic E-state index is 0.299. The SMILES string of the molecule is CC(C)(C)N1CC2CC(C1)N2Cc1ccccn1.CC(C)(C)N1CC2CC(C1)N2Cc1cccnc1.Cc1cc(CN2C3CC2CN(C(C)(C)C)C3)cc(C)n1.Cc1cc(CN2C3CC2CN(C(C)(C)C)C3)ccn1.Cc1ccc(CN2C3CC2CN(C(C)(C)C)C3)cn1.Cc1cccc(CN2C3CC2CN(C(C)(C)C)C3)n1.Cc1cncc(CN2C3CC2CN(C(C)(C)C)C3)c1.Cc1nc(CN2C3CC2CN(C(C)(C)C)C3)co1. The van der Waals surface area contributed by atoms with E-state index in [-0.39, 0.29) is 0 Å². The Bertz CT molecular complexity index is 5260. The second-order valence-electron chi connectivity index (χ2n) is 55.9. The van der Waals surface area contributed by atoms with Crippen LogP contribution in [0, 0.1) is 48.5 Å². The van der Waals surface area contributed by atoms with Crippen LogP contribution in [0.15, 0.2) is 145 Å². The first-order valence-corrected chi connectivity index (χ1v) is 57.9. The van der Waals surface area contributed by atoms with Crippen molar-refractivity contribution in [2.24, 2.45) is 0 Å². The van der Waals surface area contributed by atoms with Gasteiger partial charge in [-0.1, -0.05) is 30.3 Å². The van der Waals surface area contributed by atoms with Crippen LogP contribution in [0.25, 0.3) is 0 Å². The Kier molecular flexibility index (Phi) is 35.2. The van der Waals surface area contributed by atoms with Crippen molar-refractivity contribution in [2.45, 2.75) is 459 Å². The zero-order chi connectivity index (χ0) is 107. The van der Waals surface area contributed by atoms with Gasteiger partial charge < -0.3 is 4.42 Å². The quantitative estimate of drug-likeness (QED) is 0.0895. The molecule has 25 nitrogen and oxygen atoms in total. The van der Waals surface area contributed by atoms with E-state index in [1.807, 2.05) is 69.4 Å². The van der Waals surface area contributed by atoms with Crippen LogP contribution < -0.4 is 0 Å². The third kappa shape index (κ3) is 28.6. The van der Waals surface area contributed by atoms with Crippen molar-refractivity contribution in [1.82, 2.24) is 118 Å². The Hall–Kier alpha value is -7.38. The number of hydrogen-bond acceptors (Lipinski definition) is 25. The van der Waals surface area contributed by atoms with Crippen LogP contribution in [-0.4, -0.2) is 364 Å². The zero-order valence-corrected chi connectivity index (χ0v) is 98.8. The minimum Gasteiger partial charge on any atom is -0.449 e. The molecule has 150 heavy (non-hydrogen) atoms. The second-order valence-corrected chi connectivity index (χ2v) is 55.9. The number of hydrogen-bond donors (Lipinski definition) is 0. The first kappa shape index (κ1) is 114. The number of piperidine rings is 8. The van der Waals surface area contributed by atoms with Gasteiger partial charge in [-0.25, -0.2) is 4.98 Å². The van der Waals surface area contributed by atoms with Crippen molar-refractivity contribution < 1.29 is 4.42 Å². The summed E-state index contributed by atoms with van der Waals surface area (Å²) in [6.45, 7) is 98.0. The standard InChI is InChI=1S/C17H27N3.4C16H25N3.2C15H23N3.C14H23N3O/c1-12-6-14(7-13(2)18-12)9-20-15-8-16(20)11-19(10-15)17(3,4)5;1-12-5-13(8-17-7-12)9-19-14-6-15(19)11-18(10-14)16(2,3)4;1-12-7-13(5-6-17-12)9-19-14-8-15(19)11-18(10-14)16(2,3)4;1-12-5-6-13(8-17-12)9-19-14-7-15(19)11-18(10-14)16(2,3)4;1-12-6-5-7-13(17-12)9-19-14-8-15(19)11-18(10-14)16(2,3)4;1-15(2,3)17-10-13-7-14(11-17)18(13)9-12-5-4-6-16-8-12;1-15(2,3)17-10-13-8-14(11-17)18(13)9-12-6-4-5-7-16-12;1-10-15-11(9-18-10)6-17-12-5-13(17)8-16(7-12)14(2,3)4/h6-7,15-16H,8-11H2,1-5H3;5,7-8,14-15H,6,9-11H2,1-4H3;5-7,14-15H,8-11H2,1-4H3;5-6,8,14-15H,7,9-11H2,1-4H3;5-7,14-15H,8-11H2,1-4H3;4-6,8,13-14H,7,9-11H2,1-3H3;4-7,13-14H,8-11H2,1-3H3;9,12-13H,5-8H2,1-4H3. The number of aryl methyl sites for hydroxylation is 7. The highest BCUT2D eigenvalue weighted by Crippen LogP contribution is 2.45. The molecule has 18 saturated heterocycles. The summed E-state index contributed by atoms with van der Waals surface area (Å²) in [4.78, 5) is 77.4. The van der Waals surface area contributed by atoms with Crippen molar-refractivity contribution in [3.8, 4) is 0 Å². The largest absolute Gasteiger partial charge is 0.449 e.